The van der Waals surface area contributed by atoms with E-state index < -0.39 is 58.0 Å². The molecule has 5 rings (SSSR count). The van der Waals surface area contributed by atoms with Crippen LogP contribution in [0.1, 0.15) is 33.5 Å². The van der Waals surface area contributed by atoms with Gasteiger partial charge in [0, 0.05) is 24.6 Å². The number of aliphatic hydroxyl groups excluding tert-OH is 2. The fourth-order valence-electron chi connectivity index (χ4n) is 6.42. The van der Waals surface area contributed by atoms with Gasteiger partial charge in [0.05, 0.1) is 11.6 Å². The fraction of sp³-hybridized carbons (Fsp3) is 0.345. The van der Waals surface area contributed by atoms with Crippen LogP contribution in [0.4, 0.5) is 0 Å². The van der Waals surface area contributed by atoms with Gasteiger partial charge in [-0.2, -0.15) is 0 Å². The number of amides is 1. The summed E-state index contributed by atoms with van der Waals surface area (Å²) in [6.45, 7) is 1.01. The molecule has 0 spiro atoms. The summed E-state index contributed by atoms with van der Waals surface area (Å²) in [5.41, 5.74) is 4.24. The number of aromatic hydroxyl groups is 1. The number of hydrogen-bond donors (Lipinski definition) is 6. The maximum absolute atomic E-state index is 13.8. The Balaban J connectivity index is 1.57. The number of Topliss-reactive ketones (excluding diaryl/α,β-unsaturated/α-hetero) is 2. The van der Waals surface area contributed by atoms with Crippen LogP contribution in [0.15, 0.2) is 65.1 Å². The molecule has 204 valence electrons. The topological polar surface area (TPSA) is 173 Å². The van der Waals surface area contributed by atoms with E-state index in [4.69, 9.17) is 5.73 Å². The van der Waals surface area contributed by atoms with E-state index in [0.717, 1.165) is 11.1 Å². The van der Waals surface area contributed by atoms with Gasteiger partial charge >= 0.3 is 0 Å². The standard InChI is InChI=1S/C29H31N3O7/c1-32(2)23-18-11-16-10-17-15(13-31-12-14-6-4-3-5-7-14)8-9-19(33)21(17)24(34)20(16)26(36)29(18,39)27(37)22(25(23)35)28(30)38/h3-9,16,18,23,31,33,35-36,39H,10-13H2,1-2H3,(H2,30,38)/t16-,18-,23?,29-/m0/s1. The van der Waals surface area contributed by atoms with E-state index >= 15 is 0 Å². The van der Waals surface area contributed by atoms with Crippen molar-refractivity contribution >= 4 is 17.5 Å². The molecular formula is C29H31N3O7. The Bertz CT molecular complexity index is 1450. The molecule has 0 saturated heterocycles. The Morgan fingerprint density at radius 3 is 2.41 bits per heavy atom. The third kappa shape index (κ3) is 4.03. The van der Waals surface area contributed by atoms with Crippen LogP contribution >= 0.6 is 0 Å². The Labute approximate surface area is 225 Å². The number of primary amides is 1. The Kier molecular flexibility index (Phi) is 6.58. The third-order valence-corrected chi connectivity index (χ3v) is 8.19. The Hall–Kier alpha value is -3.99. The molecule has 10 heteroatoms. The minimum Gasteiger partial charge on any atom is -0.510 e. The highest BCUT2D eigenvalue weighted by Gasteiger charge is 2.63. The van der Waals surface area contributed by atoms with Crippen LogP contribution in [0.2, 0.25) is 0 Å². The van der Waals surface area contributed by atoms with E-state index in [0.29, 0.717) is 18.7 Å². The van der Waals surface area contributed by atoms with Gasteiger partial charge in [-0.15, -0.1) is 0 Å². The van der Waals surface area contributed by atoms with Crippen molar-refractivity contribution < 1.29 is 34.8 Å². The molecule has 3 aliphatic rings. The van der Waals surface area contributed by atoms with Crippen LogP contribution in [-0.2, 0) is 29.1 Å². The molecule has 39 heavy (non-hydrogen) atoms. The first-order chi connectivity index (χ1) is 18.5. The summed E-state index contributed by atoms with van der Waals surface area (Å²) in [5.74, 6) is -6.58. The van der Waals surface area contributed by atoms with E-state index in [1.165, 1.54) is 11.0 Å². The molecule has 0 aromatic heterocycles. The lowest BCUT2D eigenvalue weighted by Crippen LogP contribution is -2.63. The number of carbonyl (C=O) groups excluding carboxylic acids is 3. The maximum Gasteiger partial charge on any atom is 0.255 e. The number of ketones is 2. The molecule has 7 N–H and O–H groups in total. The van der Waals surface area contributed by atoms with Crippen LogP contribution in [0.5, 0.6) is 5.75 Å². The predicted octanol–water partition coefficient (Wildman–Crippen LogP) is 1.41. The summed E-state index contributed by atoms with van der Waals surface area (Å²) in [7, 11) is 3.20. The number of likely N-dealkylation sites (N-methyl/N-ethyl adjacent to an activating group) is 1. The highest BCUT2D eigenvalue weighted by Crippen LogP contribution is 2.52. The number of phenols is 1. The van der Waals surface area contributed by atoms with Gasteiger partial charge in [-0.25, -0.2) is 0 Å². The minimum atomic E-state index is -2.64. The largest absolute Gasteiger partial charge is 0.510 e. The molecule has 0 heterocycles. The van der Waals surface area contributed by atoms with E-state index in [2.05, 4.69) is 5.32 Å². The summed E-state index contributed by atoms with van der Waals surface area (Å²) < 4.78 is 0. The molecular weight excluding hydrogens is 502 g/mol. The smallest absolute Gasteiger partial charge is 0.255 e. The number of carbonyl (C=O) groups is 3. The predicted molar refractivity (Wildman–Crippen MR) is 141 cm³/mol. The molecule has 3 aliphatic carbocycles. The van der Waals surface area contributed by atoms with Crippen LogP contribution in [0, 0.1) is 11.8 Å². The highest BCUT2D eigenvalue weighted by molar-refractivity contribution is 6.24. The zero-order valence-corrected chi connectivity index (χ0v) is 21.6. The molecule has 0 saturated carbocycles. The van der Waals surface area contributed by atoms with Gasteiger partial charge < -0.3 is 31.5 Å². The first-order valence-electron chi connectivity index (χ1n) is 12.7. The number of nitrogens with one attached hydrogen (secondary N) is 1. The second-order valence-corrected chi connectivity index (χ2v) is 10.6. The number of benzene rings is 2. The van der Waals surface area contributed by atoms with Crippen molar-refractivity contribution in [1.29, 1.82) is 0 Å². The lowest BCUT2D eigenvalue weighted by atomic mass is 9.58. The monoisotopic (exact) mass is 533 g/mol. The normalized spacial score (nSPS) is 26.4. The lowest BCUT2D eigenvalue weighted by molar-refractivity contribution is -0.148. The summed E-state index contributed by atoms with van der Waals surface area (Å²) in [6, 6.07) is 11.9. The minimum absolute atomic E-state index is 0.00907. The molecule has 1 amide bonds. The van der Waals surface area contributed by atoms with Crippen LogP contribution in [-0.4, -0.2) is 68.5 Å². The second-order valence-electron chi connectivity index (χ2n) is 10.6. The molecule has 0 fully saturated rings. The number of fused-ring (bicyclic) bond motifs is 3. The molecule has 2 aromatic carbocycles. The van der Waals surface area contributed by atoms with E-state index in [1.54, 1.807) is 20.2 Å². The number of nitrogens with two attached hydrogens (primary N) is 1. The van der Waals surface area contributed by atoms with Gasteiger partial charge in [0.25, 0.3) is 5.91 Å². The number of nitrogens with zero attached hydrogens (tertiary/aromatic N) is 1. The van der Waals surface area contributed by atoms with Gasteiger partial charge in [0.1, 0.15) is 22.8 Å². The zero-order chi connectivity index (χ0) is 28.2. The van der Waals surface area contributed by atoms with Crippen molar-refractivity contribution in [2.45, 2.75) is 37.6 Å². The van der Waals surface area contributed by atoms with Crippen molar-refractivity contribution in [2.75, 3.05) is 14.1 Å². The number of allylic oxidation sites excluding steroid dienone is 1. The second kappa shape index (κ2) is 9.64. The average Bonchev–Trinajstić information content (AvgIpc) is 2.87. The summed E-state index contributed by atoms with van der Waals surface area (Å²) in [6.07, 6.45) is 0.309. The first-order valence-corrected chi connectivity index (χ1v) is 12.7. The molecule has 0 bridgehead atoms. The maximum atomic E-state index is 13.8. The molecule has 10 nitrogen and oxygen atoms in total. The van der Waals surface area contributed by atoms with Gasteiger partial charge in [0.2, 0.25) is 5.78 Å². The summed E-state index contributed by atoms with van der Waals surface area (Å²) in [4.78, 5) is 40.7. The summed E-state index contributed by atoms with van der Waals surface area (Å²) >= 11 is 0. The van der Waals surface area contributed by atoms with Crippen LogP contribution in [0.25, 0.3) is 0 Å². The van der Waals surface area contributed by atoms with Crippen molar-refractivity contribution in [3.63, 3.8) is 0 Å². The van der Waals surface area contributed by atoms with E-state index in [-0.39, 0.29) is 29.7 Å². The first kappa shape index (κ1) is 26.6. The van der Waals surface area contributed by atoms with Gasteiger partial charge in [-0.1, -0.05) is 36.4 Å². The molecule has 2 aromatic rings. The number of aliphatic hydroxyl groups is 3. The third-order valence-electron chi connectivity index (χ3n) is 8.19. The molecule has 1 unspecified atom stereocenters. The van der Waals surface area contributed by atoms with Crippen molar-refractivity contribution in [2.24, 2.45) is 17.6 Å². The average molecular weight is 534 g/mol. The van der Waals surface area contributed by atoms with Gasteiger partial charge in [-0.05, 0) is 55.6 Å². The van der Waals surface area contributed by atoms with Gasteiger partial charge in [0.15, 0.2) is 11.4 Å². The quantitative estimate of drug-likeness (QED) is 0.300. The molecule has 4 atom stereocenters. The molecule has 0 radical (unpaired) electrons. The van der Waals surface area contributed by atoms with E-state index in [9.17, 15) is 34.8 Å². The Morgan fingerprint density at radius 2 is 1.77 bits per heavy atom. The van der Waals surface area contributed by atoms with E-state index in [1.807, 2.05) is 30.3 Å². The summed E-state index contributed by atoms with van der Waals surface area (Å²) in [5, 5.41) is 47.9. The van der Waals surface area contributed by atoms with Crippen LogP contribution in [0.3, 0.4) is 0 Å². The number of rotatable bonds is 6. The number of phenolic OH excluding ortho intramolecular Hbond substituents is 1. The highest BCUT2D eigenvalue weighted by atomic mass is 16.3. The van der Waals surface area contributed by atoms with Crippen molar-refractivity contribution in [1.82, 2.24) is 10.2 Å². The van der Waals surface area contributed by atoms with Crippen molar-refractivity contribution in [3.8, 4) is 5.75 Å². The van der Waals surface area contributed by atoms with Crippen LogP contribution < -0.4 is 11.1 Å². The van der Waals surface area contributed by atoms with Crippen molar-refractivity contribution in [3.05, 3.63) is 87.4 Å². The number of hydrogen-bond acceptors (Lipinski definition) is 9. The molecule has 0 aliphatic heterocycles. The fourth-order valence-corrected chi connectivity index (χ4v) is 6.42. The van der Waals surface area contributed by atoms with Gasteiger partial charge in [-0.3, -0.25) is 19.3 Å². The SMILES string of the molecule is CN(C)C1C(O)=C(C(N)=O)C(=O)[C@@]2(O)C(O)=C3C(=O)c4c(O)ccc(CNCc5ccccc5)c4C[C@H]3C[C@@H]12. The zero-order valence-electron chi connectivity index (χ0n) is 21.6. The Morgan fingerprint density at radius 1 is 1.08 bits per heavy atom. The lowest BCUT2D eigenvalue weighted by Gasteiger charge is -2.50.